The summed E-state index contributed by atoms with van der Waals surface area (Å²) in [4.78, 5) is 16.7. The van der Waals surface area contributed by atoms with Crippen LogP contribution in [0.25, 0.3) is 0 Å². The highest BCUT2D eigenvalue weighted by atomic mass is 16.2. The van der Waals surface area contributed by atoms with Crippen molar-refractivity contribution in [2.45, 2.75) is 39.7 Å². The van der Waals surface area contributed by atoms with Gasteiger partial charge in [-0.05, 0) is 56.5 Å². The Morgan fingerprint density at radius 1 is 1.23 bits per heavy atom. The zero-order chi connectivity index (χ0) is 16.1. The predicted molar refractivity (Wildman–Crippen MR) is 92.5 cm³/mol. The fraction of sp³-hybridized carbons (Fsp3) is 0.611. The number of nitrogens with one attached hydrogen (secondary N) is 1. The number of anilines is 1. The Hall–Kier alpha value is -1.55. The fourth-order valence-electron chi connectivity index (χ4n) is 3.14. The number of nitrogens with zero attached hydrogens (tertiary/aromatic N) is 2. The first kappa shape index (κ1) is 16.8. The van der Waals surface area contributed by atoms with Gasteiger partial charge in [0.1, 0.15) is 0 Å². The first-order valence-corrected chi connectivity index (χ1v) is 8.29. The van der Waals surface area contributed by atoms with Crippen LogP contribution in [0.5, 0.6) is 0 Å². The van der Waals surface area contributed by atoms with Gasteiger partial charge in [-0.3, -0.25) is 4.79 Å². The lowest BCUT2D eigenvalue weighted by Crippen LogP contribution is -2.47. The zero-order valence-corrected chi connectivity index (χ0v) is 14.4. The van der Waals surface area contributed by atoms with Crippen molar-refractivity contribution in [3.05, 3.63) is 29.3 Å². The Kier molecular flexibility index (Phi) is 5.83. The van der Waals surface area contributed by atoms with Crippen molar-refractivity contribution in [1.82, 2.24) is 10.2 Å². The predicted octanol–water partition coefficient (Wildman–Crippen LogP) is 2.34. The van der Waals surface area contributed by atoms with E-state index in [1.54, 1.807) is 0 Å². The van der Waals surface area contributed by atoms with Crippen LogP contribution in [-0.4, -0.2) is 50.1 Å². The Morgan fingerprint density at radius 3 is 2.36 bits per heavy atom. The topological polar surface area (TPSA) is 35.6 Å². The van der Waals surface area contributed by atoms with E-state index >= 15 is 0 Å². The van der Waals surface area contributed by atoms with E-state index in [1.165, 1.54) is 11.1 Å². The van der Waals surface area contributed by atoms with Gasteiger partial charge in [0.25, 0.3) is 0 Å². The van der Waals surface area contributed by atoms with Gasteiger partial charge in [-0.1, -0.05) is 13.0 Å². The highest BCUT2D eigenvalue weighted by Gasteiger charge is 2.20. The Balaban J connectivity index is 1.84. The lowest BCUT2D eigenvalue weighted by molar-refractivity contribution is -0.120. The molecule has 1 heterocycles. The third-order valence-corrected chi connectivity index (χ3v) is 4.43. The van der Waals surface area contributed by atoms with E-state index in [0.29, 0.717) is 12.6 Å². The van der Waals surface area contributed by atoms with Gasteiger partial charge in [0.15, 0.2) is 0 Å². The molecule has 4 nitrogen and oxygen atoms in total. The lowest BCUT2D eigenvalue weighted by Gasteiger charge is -2.32. The number of carbonyl (C=O) groups excluding carboxylic acids is 1. The van der Waals surface area contributed by atoms with Gasteiger partial charge in [-0.2, -0.15) is 0 Å². The zero-order valence-electron chi connectivity index (χ0n) is 14.4. The summed E-state index contributed by atoms with van der Waals surface area (Å²) in [5, 5.41) is 3.19. The molecule has 0 aromatic heterocycles. The molecule has 122 valence electrons. The summed E-state index contributed by atoms with van der Waals surface area (Å²) < 4.78 is 0. The molecule has 1 aliphatic heterocycles. The number of piperidine rings is 1. The van der Waals surface area contributed by atoms with Crippen molar-refractivity contribution in [2.75, 3.05) is 38.1 Å². The second kappa shape index (κ2) is 7.63. The normalized spacial score (nSPS) is 16.5. The van der Waals surface area contributed by atoms with Crippen LogP contribution in [0.4, 0.5) is 5.69 Å². The van der Waals surface area contributed by atoms with Crippen molar-refractivity contribution in [3.8, 4) is 0 Å². The molecule has 1 saturated heterocycles. The van der Waals surface area contributed by atoms with E-state index in [0.717, 1.165) is 38.2 Å². The third-order valence-electron chi connectivity index (χ3n) is 4.43. The highest BCUT2D eigenvalue weighted by Crippen LogP contribution is 2.17. The number of aryl methyl sites for hydroxylation is 2. The molecule has 0 radical (unpaired) electrons. The SMILES string of the molecule is CCN1CCC(NC(=O)CN(C)c2cc(C)cc(C)c2)CC1. The summed E-state index contributed by atoms with van der Waals surface area (Å²) in [7, 11) is 1.98. The maximum atomic E-state index is 12.2. The fourth-order valence-corrected chi connectivity index (χ4v) is 3.14. The van der Waals surface area contributed by atoms with Crippen LogP contribution in [0.3, 0.4) is 0 Å². The molecular formula is C18H29N3O. The number of carbonyl (C=O) groups is 1. The molecule has 22 heavy (non-hydrogen) atoms. The first-order valence-electron chi connectivity index (χ1n) is 8.29. The van der Waals surface area contributed by atoms with E-state index in [4.69, 9.17) is 0 Å². The summed E-state index contributed by atoms with van der Waals surface area (Å²) in [5.41, 5.74) is 3.57. The van der Waals surface area contributed by atoms with Gasteiger partial charge in [-0.15, -0.1) is 0 Å². The minimum Gasteiger partial charge on any atom is -0.365 e. The second-order valence-electron chi connectivity index (χ2n) is 6.48. The minimum atomic E-state index is 0.122. The van der Waals surface area contributed by atoms with E-state index in [1.807, 2.05) is 11.9 Å². The average molecular weight is 303 g/mol. The molecule has 0 unspecified atom stereocenters. The Morgan fingerprint density at radius 2 is 1.82 bits per heavy atom. The molecule has 0 saturated carbocycles. The van der Waals surface area contributed by atoms with Crippen molar-refractivity contribution in [1.29, 1.82) is 0 Å². The first-order chi connectivity index (χ1) is 10.5. The molecule has 0 spiro atoms. The molecule has 1 aromatic rings. The van der Waals surface area contributed by atoms with Crippen LogP contribution < -0.4 is 10.2 Å². The number of hydrogen-bond acceptors (Lipinski definition) is 3. The van der Waals surface area contributed by atoms with Crippen molar-refractivity contribution >= 4 is 11.6 Å². The van der Waals surface area contributed by atoms with E-state index < -0.39 is 0 Å². The van der Waals surface area contributed by atoms with Crippen molar-refractivity contribution in [2.24, 2.45) is 0 Å². The highest BCUT2D eigenvalue weighted by molar-refractivity contribution is 5.81. The molecule has 4 heteroatoms. The molecule has 1 N–H and O–H groups in total. The van der Waals surface area contributed by atoms with Gasteiger partial charge in [0.2, 0.25) is 5.91 Å². The molecular weight excluding hydrogens is 274 g/mol. The number of benzene rings is 1. The monoisotopic (exact) mass is 303 g/mol. The molecule has 2 rings (SSSR count). The van der Waals surface area contributed by atoms with E-state index in [2.05, 4.69) is 49.2 Å². The molecule has 0 aliphatic carbocycles. The molecule has 0 bridgehead atoms. The van der Waals surface area contributed by atoms with Crippen LogP contribution in [0.1, 0.15) is 30.9 Å². The van der Waals surface area contributed by atoms with Gasteiger partial charge in [-0.25, -0.2) is 0 Å². The Labute approximate surface area is 134 Å². The molecule has 1 amide bonds. The number of rotatable bonds is 5. The van der Waals surface area contributed by atoms with Crippen LogP contribution in [0, 0.1) is 13.8 Å². The van der Waals surface area contributed by atoms with Gasteiger partial charge < -0.3 is 15.1 Å². The number of amides is 1. The summed E-state index contributed by atoms with van der Waals surface area (Å²) in [6.45, 7) is 10.1. The van der Waals surface area contributed by atoms with Crippen LogP contribution >= 0.6 is 0 Å². The van der Waals surface area contributed by atoms with Crippen molar-refractivity contribution in [3.63, 3.8) is 0 Å². The van der Waals surface area contributed by atoms with Crippen molar-refractivity contribution < 1.29 is 4.79 Å². The van der Waals surface area contributed by atoms with Gasteiger partial charge in [0, 0.05) is 31.9 Å². The smallest absolute Gasteiger partial charge is 0.239 e. The van der Waals surface area contributed by atoms with Crippen LogP contribution in [0.2, 0.25) is 0 Å². The average Bonchev–Trinajstić information content (AvgIpc) is 2.47. The number of hydrogen-bond donors (Lipinski definition) is 1. The van der Waals surface area contributed by atoms with Crippen LogP contribution in [-0.2, 0) is 4.79 Å². The Bertz CT molecular complexity index is 487. The minimum absolute atomic E-state index is 0.122. The summed E-state index contributed by atoms with van der Waals surface area (Å²) >= 11 is 0. The van der Waals surface area contributed by atoms with Crippen LogP contribution in [0.15, 0.2) is 18.2 Å². The summed E-state index contributed by atoms with van der Waals surface area (Å²) in [5.74, 6) is 0.122. The van der Waals surface area contributed by atoms with E-state index in [-0.39, 0.29) is 5.91 Å². The molecule has 1 fully saturated rings. The summed E-state index contributed by atoms with van der Waals surface area (Å²) in [6.07, 6.45) is 2.12. The second-order valence-corrected chi connectivity index (χ2v) is 6.48. The quantitative estimate of drug-likeness (QED) is 0.907. The third kappa shape index (κ3) is 4.73. The maximum Gasteiger partial charge on any atom is 0.239 e. The van der Waals surface area contributed by atoms with Gasteiger partial charge >= 0.3 is 0 Å². The number of likely N-dealkylation sites (N-methyl/N-ethyl adjacent to an activating group) is 1. The maximum absolute atomic E-state index is 12.2. The van der Waals surface area contributed by atoms with Gasteiger partial charge in [0.05, 0.1) is 6.54 Å². The standard InChI is InChI=1S/C18H29N3O/c1-5-21-8-6-16(7-9-21)19-18(22)13-20(4)17-11-14(2)10-15(3)12-17/h10-12,16H,5-9,13H2,1-4H3,(H,19,22). The molecule has 1 aliphatic rings. The lowest BCUT2D eigenvalue weighted by atomic mass is 10.1. The molecule has 1 aromatic carbocycles. The molecule has 0 atom stereocenters. The number of likely N-dealkylation sites (tertiary alicyclic amines) is 1. The largest absolute Gasteiger partial charge is 0.365 e. The van der Waals surface area contributed by atoms with E-state index in [9.17, 15) is 4.79 Å². The summed E-state index contributed by atoms with van der Waals surface area (Å²) in [6, 6.07) is 6.74.